The third kappa shape index (κ3) is 4.56. The van der Waals surface area contributed by atoms with Gasteiger partial charge in [-0.2, -0.15) is 0 Å². The molecule has 1 N–H and O–H groups in total. The third-order valence-corrected chi connectivity index (χ3v) is 4.49. The first-order valence-corrected chi connectivity index (χ1v) is 8.35. The first-order valence-electron chi connectivity index (χ1n) is 8.35. The smallest absolute Gasteiger partial charge is 0.118 e. The van der Waals surface area contributed by atoms with E-state index in [0.29, 0.717) is 6.04 Å². The largest absolute Gasteiger partial charge is 0.465 e. The Morgan fingerprint density at radius 1 is 1.33 bits per heavy atom. The molecule has 1 saturated heterocycles. The molecule has 2 heterocycles. The lowest BCUT2D eigenvalue weighted by molar-refractivity contribution is 0.175. The van der Waals surface area contributed by atoms with Crippen molar-refractivity contribution in [3.8, 4) is 0 Å². The first kappa shape index (κ1) is 16.5. The zero-order valence-electron chi connectivity index (χ0n) is 14.1. The molecule has 4 nitrogen and oxygen atoms in total. The van der Waals surface area contributed by atoms with Crippen LogP contribution in [0.3, 0.4) is 0 Å². The minimum Gasteiger partial charge on any atom is -0.465 e. The molecular weight excluding hydrogens is 262 g/mol. The van der Waals surface area contributed by atoms with Gasteiger partial charge in [-0.3, -0.25) is 4.90 Å². The lowest BCUT2D eigenvalue weighted by Gasteiger charge is -2.29. The molecule has 120 valence electrons. The number of furan rings is 1. The van der Waals surface area contributed by atoms with Crippen molar-refractivity contribution in [2.24, 2.45) is 0 Å². The fourth-order valence-corrected chi connectivity index (χ4v) is 3.19. The van der Waals surface area contributed by atoms with Gasteiger partial charge in [0, 0.05) is 31.2 Å². The topological polar surface area (TPSA) is 31.6 Å². The molecular formula is C17H31N3O. The Kier molecular flexibility index (Phi) is 6.27. The summed E-state index contributed by atoms with van der Waals surface area (Å²) in [6, 6.07) is 2.89. The highest BCUT2D eigenvalue weighted by molar-refractivity contribution is 5.21. The van der Waals surface area contributed by atoms with Crippen LogP contribution in [0.2, 0.25) is 0 Å². The molecule has 1 aromatic rings. The second-order valence-corrected chi connectivity index (χ2v) is 6.22. The lowest BCUT2D eigenvalue weighted by Crippen LogP contribution is -2.39. The number of hydrogen-bond acceptors (Lipinski definition) is 4. The third-order valence-electron chi connectivity index (χ3n) is 4.49. The molecule has 1 fully saturated rings. The Labute approximate surface area is 129 Å². The zero-order chi connectivity index (χ0) is 15.2. The van der Waals surface area contributed by atoms with Crippen LogP contribution in [-0.2, 0) is 13.1 Å². The van der Waals surface area contributed by atoms with Crippen LogP contribution < -0.4 is 5.32 Å². The zero-order valence-corrected chi connectivity index (χ0v) is 14.1. The van der Waals surface area contributed by atoms with Crippen LogP contribution in [0.15, 0.2) is 10.5 Å². The summed E-state index contributed by atoms with van der Waals surface area (Å²) in [6.07, 6.45) is 2.47. The van der Waals surface area contributed by atoms with E-state index in [2.05, 4.69) is 49.0 Å². The average Bonchev–Trinajstić information content (AvgIpc) is 2.70. The van der Waals surface area contributed by atoms with Crippen molar-refractivity contribution in [2.45, 2.75) is 52.7 Å². The van der Waals surface area contributed by atoms with Gasteiger partial charge in [0.25, 0.3) is 0 Å². The molecule has 0 spiro atoms. The Morgan fingerprint density at radius 3 is 2.86 bits per heavy atom. The summed E-state index contributed by atoms with van der Waals surface area (Å²) in [7, 11) is 2.24. The highest BCUT2D eigenvalue weighted by atomic mass is 16.3. The molecule has 4 heteroatoms. The first-order chi connectivity index (χ1) is 10.1. The SMILES string of the molecule is CCNCc1cc(CN2CCCN(C)CC2CC)c(C)o1. The van der Waals surface area contributed by atoms with E-state index in [1.165, 1.54) is 38.0 Å². The maximum atomic E-state index is 5.88. The molecule has 1 aromatic heterocycles. The van der Waals surface area contributed by atoms with Gasteiger partial charge in [0.2, 0.25) is 0 Å². The van der Waals surface area contributed by atoms with Crippen LogP contribution >= 0.6 is 0 Å². The van der Waals surface area contributed by atoms with Crippen LogP contribution in [0.1, 0.15) is 43.8 Å². The molecule has 2 rings (SSSR count). The van der Waals surface area contributed by atoms with Gasteiger partial charge in [0.1, 0.15) is 11.5 Å². The number of rotatable bonds is 6. The maximum absolute atomic E-state index is 5.88. The van der Waals surface area contributed by atoms with Crippen LogP contribution in [-0.4, -0.2) is 49.1 Å². The number of likely N-dealkylation sites (N-methyl/N-ethyl adjacent to an activating group) is 1. The minimum atomic E-state index is 0.656. The number of nitrogens with zero attached hydrogens (tertiary/aromatic N) is 2. The molecule has 1 unspecified atom stereocenters. The summed E-state index contributed by atoms with van der Waals surface area (Å²) >= 11 is 0. The normalized spacial score (nSPS) is 21.6. The number of hydrogen-bond donors (Lipinski definition) is 1. The van der Waals surface area contributed by atoms with Gasteiger partial charge in [-0.1, -0.05) is 13.8 Å². The van der Waals surface area contributed by atoms with Crippen molar-refractivity contribution in [1.82, 2.24) is 15.1 Å². The summed E-state index contributed by atoms with van der Waals surface area (Å²) in [5, 5.41) is 3.33. The van der Waals surface area contributed by atoms with E-state index < -0.39 is 0 Å². The van der Waals surface area contributed by atoms with Gasteiger partial charge >= 0.3 is 0 Å². The van der Waals surface area contributed by atoms with E-state index in [4.69, 9.17) is 4.42 Å². The van der Waals surface area contributed by atoms with Crippen molar-refractivity contribution in [3.05, 3.63) is 23.2 Å². The summed E-state index contributed by atoms with van der Waals surface area (Å²) in [4.78, 5) is 5.10. The summed E-state index contributed by atoms with van der Waals surface area (Å²) in [5.74, 6) is 2.14. The fraction of sp³-hybridized carbons (Fsp3) is 0.765. The molecule has 0 radical (unpaired) electrons. The Morgan fingerprint density at radius 2 is 2.14 bits per heavy atom. The molecule has 0 saturated carbocycles. The van der Waals surface area contributed by atoms with Crippen LogP contribution in [0.5, 0.6) is 0 Å². The van der Waals surface area contributed by atoms with E-state index in [1.807, 2.05) is 0 Å². The molecule has 1 atom stereocenters. The summed E-state index contributed by atoms with van der Waals surface area (Å²) in [6.45, 7) is 12.9. The van der Waals surface area contributed by atoms with Crippen LogP contribution in [0.4, 0.5) is 0 Å². The van der Waals surface area contributed by atoms with Gasteiger partial charge < -0.3 is 14.6 Å². The lowest BCUT2D eigenvalue weighted by atomic mass is 10.1. The molecule has 0 aromatic carbocycles. The highest BCUT2D eigenvalue weighted by Gasteiger charge is 2.23. The standard InChI is InChI=1S/C17H31N3O/c1-5-16-13-19(4)8-7-9-20(16)12-15-10-17(11-18-6-2)21-14(15)3/h10,16,18H,5-9,11-13H2,1-4H3. The van der Waals surface area contributed by atoms with Crippen molar-refractivity contribution in [2.75, 3.05) is 33.2 Å². The second kappa shape index (κ2) is 7.97. The van der Waals surface area contributed by atoms with Crippen molar-refractivity contribution >= 4 is 0 Å². The Hall–Kier alpha value is -0.840. The predicted octanol–water partition coefficient (Wildman–Crippen LogP) is 2.61. The van der Waals surface area contributed by atoms with Gasteiger partial charge in [0.15, 0.2) is 0 Å². The van der Waals surface area contributed by atoms with E-state index in [1.54, 1.807) is 0 Å². The van der Waals surface area contributed by atoms with E-state index in [-0.39, 0.29) is 0 Å². The highest BCUT2D eigenvalue weighted by Crippen LogP contribution is 2.20. The van der Waals surface area contributed by atoms with Crippen molar-refractivity contribution in [3.63, 3.8) is 0 Å². The minimum absolute atomic E-state index is 0.656. The monoisotopic (exact) mass is 293 g/mol. The van der Waals surface area contributed by atoms with E-state index in [0.717, 1.165) is 31.2 Å². The van der Waals surface area contributed by atoms with Crippen LogP contribution in [0.25, 0.3) is 0 Å². The summed E-state index contributed by atoms with van der Waals surface area (Å²) in [5.41, 5.74) is 1.35. The van der Waals surface area contributed by atoms with Gasteiger partial charge in [-0.15, -0.1) is 0 Å². The quantitative estimate of drug-likeness (QED) is 0.874. The molecule has 21 heavy (non-hydrogen) atoms. The van der Waals surface area contributed by atoms with E-state index in [9.17, 15) is 0 Å². The Balaban J connectivity index is 2.03. The van der Waals surface area contributed by atoms with E-state index >= 15 is 0 Å². The van der Waals surface area contributed by atoms with Crippen molar-refractivity contribution in [1.29, 1.82) is 0 Å². The van der Waals surface area contributed by atoms with Crippen molar-refractivity contribution < 1.29 is 4.42 Å². The second-order valence-electron chi connectivity index (χ2n) is 6.22. The summed E-state index contributed by atoms with van der Waals surface area (Å²) < 4.78 is 5.88. The predicted molar refractivity (Wildman–Crippen MR) is 87.4 cm³/mol. The fourth-order valence-electron chi connectivity index (χ4n) is 3.19. The number of aryl methyl sites for hydroxylation is 1. The van der Waals surface area contributed by atoms with Gasteiger partial charge in [-0.25, -0.2) is 0 Å². The molecule has 1 aliphatic rings. The number of nitrogens with one attached hydrogen (secondary N) is 1. The Bertz CT molecular complexity index is 430. The molecule has 0 bridgehead atoms. The molecule has 1 aliphatic heterocycles. The van der Waals surface area contributed by atoms with Crippen LogP contribution in [0, 0.1) is 6.92 Å². The average molecular weight is 293 g/mol. The maximum Gasteiger partial charge on any atom is 0.118 e. The van der Waals surface area contributed by atoms with Gasteiger partial charge in [0.05, 0.1) is 6.54 Å². The molecule has 0 aliphatic carbocycles. The van der Waals surface area contributed by atoms with Gasteiger partial charge in [-0.05, 0) is 46.0 Å². The molecule has 0 amide bonds.